The first-order valence-electron chi connectivity index (χ1n) is 11.1. The minimum Gasteiger partial charge on any atom is -0.493 e. The predicted molar refractivity (Wildman–Crippen MR) is 138 cm³/mol. The zero-order valence-corrected chi connectivity index (χ0v) is 22.3. The fourth-order valence-corrected chi connectivity index (χ4v) is 3.55. The third-order valence-electron chi connectivity index (χ3n) is 4.81. The summed E-state index contributed by atoms with van der Waals surface area (Å²) in [5.74, 6) is 1.66. The van der Waals surface area contributed by atoms with Crippen LogP contribution in [0.1, 0.15) is 11.1 Å². The van der Waals surface area contributed by atoms with Gasteiger partial charge in [-0.25, -0.2) is 4.57 Å². The number of nitrogens with zero attached hydrogens (tertiary/aromatic N) is 1. The Morgan fingerprint density at radius 3 is 1.57 bits per heavy atom. The molecule has 0 aliphatic carbocycles. The van der Waals surface area contributed by atoms with Crippen molar-refractivity contribution in [2.75, 3.05) is 67.9 Å². The number of rotatable bonds is 14. The SMILES string of the molecule is COc1ccc(/C=C\c2cc(OC)c(OC)c(OC)c2)cc1OP(=O)(O)O.OCCN(CCO)CCO. The standard InChI is InChI=1S/C18H21O8P.C6H15NO3/c1-22-14-8-7-12(9-15(14)26-27(19,20)21)5-6-13-10-16(23-2)18(25-4)17(11-13)24-3;8-4-1-7(2-5-9)3-6-10/h5-11H,1-4H3,(H2,19,20,21);8-10H,1-6H2/b6-5-;. The Labute approximate surface area is 216 Å². The van der Waals surface area contributed by atoms with E-state index in [1.807, 2.05) is 0 Å². The van der Waals surface area contributed by atoms with Crippen molar-refractivity contribution < 1.29 is 53.1 Å². The second kappa shape index (κ2) is 16.8. The molecule has 37 heavy (non-hydrogen) atoms. The van der Waals surface area contributed by atoms with Gasteiger partial charge in [-0.05, 0) is 35.4 Å². The molecule has 0 fully saturated rings. The van der Waals surface area contributed by atoms with Gasteiger partial charge in [-0.3, -0.25) is 14.7 Å². The molecule has 0 unspecified atom stereocenters. The lowest BCUT2D eigenvalue weighted by Gasteiger charge is -2.17. The van der Waals surface area contributed by atoms with Gasteiger partial charge in [-0.15, -0.1) is 0 Å². The molecular formula is C24H36NO11P. The topological polar surface area (TPSA) is 168 Å². The number of hydrogen-bond acceptors (Lipinski definition) is 10. The highest BCUT2D eigenvalue weighted by molar-refractivity contribution is 7.46. The smallest absolute Gasteiger partial charge is 0.493 e. The summed E-state index contributed by atoms with van der Waals surface area (Å²) in [6.45, 7) is 1.75. The van der Waals surface area contributed by atoms with Gasteiger partial charge in [0.25, 0.3) is 0 Å². The number of methoxy groups -OCH3 is 4. The van der Waals surface area contributed by atoms with Crippen LogP contribution in [0, 0.1) is 0 Å². The highest BCUT2D eigenvalue weighted by Crippen LogP contribution is 2.42. The van der Waals surface area contributed by atoms with E-state index in [1.165, 1.54) is 34.5 Å². The molecule has 0 spiro atoms. The Balaban J connectivity index is 0.000000580. The van der Waals surface area contributed by atoms with Gasteiger partial charge in [0.2, 0.25) is 5.75 Å². The summed E-state index contributed by atoms with van der Waals surface area (Å²) >= 11 is 0. The van der Waals surface area contributed by atoms with Crippen molar-refractivity contribution >= 4 is 20.0 Å². The fraction of sp³-hybridized carbons (Fsp3) is 0.417. The van der Waals surface area contributed by atoms with Crippen molar-refractivity contribution in [1.29, 1.82) is 0 Å². The number of aliphatic hydroxyl groups is 3. The van der Waals surface area contributed by atoms with Crippen molar-refractivity contribution in [1.82, 2.24) is 4.90 Å². The van der Waals surface area contributed by atoms with Crippen LogP contribution in [0.3, 0.4) is 0 Å². The molecular weight excluding hydrogens is 509 g/mol. The predicted octanol–water partition coefficient (Wildman–Crippen LogP) is 1.63. The summed E-state index contributed by atoms with van der Waals surface area (Å²) in [5.41, 5.74) is 1.42. The van der Waals surface area contributed by atoms with Gasteiger partial charge < -0.3 is 38.8 Å². The molecule has 2 rings (SSSR count). The zero-order valence-electron chi connectivity index (χ0n) is 21.4. The molecule has 13 heteroatoms. The van der Waals surface area contributed by atoms with Gasteiger partial charge in [0.05, 0.1) is 48.3 Å². The average molecular weight is 546 g/mol. The highest BCUT2D eigenvalue weighted by Gasteiger charge is 2.19. The lowest BCUT2D eigenvalue weighted by atomic mass is 10.1. The molecule has 0 saturated heterocycles. The van der Waals surface area contributed by atoms with E-state index >= 15 is 0 Å². The number of hydrogen-bond donors (Lipinski definition) is 5. The van der Waals surface area contributed by atoms with Crippen molar-refractivity contribution in [3.8, 4) is 28.7 Å². The maximum Gasteiger partial charge on any atom is 0.524 e. The maximum atomic E-state index is 11.1. The third kappa shape index (κ3) is 11.4. The molecule has 2 aromatic rings. The molecule has 0 bridgehead atoms. The van der Waals surface area contributed by atoms with Gasteiger partial charge in [-0.2, -0.15) is 0 Å². The Morgan fingerprint density at radius 1 is 0.703 bits per heavy atom. The summed E-state index contributed by atoms with van der Waals surface area (Å²) < 4.78 is 36.8. The van der Waals surface area contributed by atoms with Gasteiger partial charge in [0.1, 0.15) is 0 Å². The lowest BCUT2D eigenvalue weighted by Crippen LogP contribution is -2.32. The summed E-state index contributed by atoms with van der Waals surface area (Å²) in [6, 6.07) is 8.29. The molecule has 12 nitrogen and oxygen atoms in total. The van der Waals surface area contributed by atoms with E-state index in [2.05, 4.69) is 4.52 Å². The quantitative estimate of drug-likeness (QED) is 0.172. The molecule has 2 aromatic carbocycles. The van der Waals surface area contributed by atoms with Crippen molar-refractivity contribution in [3.63, 3.8) is 0 Å². The molecule has 5 N–H and O–H groups in total. The monoisotopic (exact) mass is 545 g/mol. The molecule has 0 aliphatic rings. The first-order chi connectivity index (χ1) is 17.7. The van der Waals surface area contributed by atoms with Gasteiger partial charge >= 0.3 is 7.82 Å². The van der Waals surface area contributed by atoms with Crippen LogP contribution in [0.4, 0.5) is 0 Å². The molecule has 0 radical (unpaired) electrons. The van der Waals surface area contributed by atoms with Gasteiger partial charge in [0, 0.05) is 19.6 Å². The van der Waals surface area contributed by atoms with Gasteiger partial charge in [-0.1, -0.05) is 18.2 Å². The molecule has 0 heterocycles. The second-order valence-corrected chi connectivity index (χ2v) is 8.46. The minimum atomic E-state index is -4.71. The second-order valence-electron chi connectivity index (χ2n) is 7.30. The zero-order chi connectivity index (χ0) is 27.8. The van der Waals surface area contributed by atoms with E-state index in [-0.39, 0.29) is 31.3 Å². The average Bonchev–Trinajstić information content (AvgIpc) is 2.86. The molecule has 0 aromatic heterocycles. The normalized spacial score (nSPS) is 11.2. The van der Waals surface area contributed by atoms with E-state index in [4.69, 9.17) is 44.1 Å². The van der Waals surface area contributed by atoms with E-state index in [0.717, 1.165) is 5.56 Å². The van der Waals surface area contributed by atoms with Gasteiger partial charge in [0.15, 0.2) is 23.0 Å². The summed E-state index contributed by atoms with van der Waals surface area (Å²) in [5, 5.41) is 25.5. The largest absolute Gasteiger partial charge is 0.524 e. The fourth-order valence-electron chi connectivity index (χ4n) is 3.15. The molecule has 0 amide bonds. The first-order valence-corrected chi connectivity index (χ1v) is 12.6. The van der Waals surface area contributed by atoms with E-state index in [0.29, 0.717) is 42.4 Å². The maximum absolute atomic E-state index is 11.1. The highest BCUT2D eigenvalue weighted by atomic mass is 31.2. The number of phosphoric acid groups is 1. The number of aliphatic hydroxyl groups excluding tert-OH is 3. The van der Waals surface area contributed by atoms with E-state index < -0.39 is 7.82 Å². The Morgan fingerprint density at radius 2 is 1.16 bits per heavy atom. The lowest BCUT2D eigenvalue weighted by molar-refractivity contribution is 0.136. The third-order valence-corrected chi connectivity index (χ3v) is 5.24. The first kappa shape index (κ1) is 32.2. The van der Waals surface area contributed by atoms with Crippen LogP contribution in [0.25, 0.3) is 12.2 Å². The number of phosphoric ester groups is 1. The van der Waals surface area contributed by atoms with Crippen LogP contribution in [0.2, 0.25) is 0 Å². The van der Waals surface area contributed by atoms with Crippen molar-refractivity contribution in [2.24, 2.45) is 0 Å². The molecule has 208 valence electrons. The molecule has 0 saturated carbocycles. The van der Waals surface area contributed by atoms with Crippen molar-refractivity contribution in [2.45, 2.75) is 0 Å². The number of benzene rings is 2. The summed E-state index contributed by atoms with van der Waals surface area (Å²) in [6.07, 6.45) is 3.53. The molecule has 0 aliphatic heterocycles. The summed E-state index contributed by atoms with van der Waals surface area (Å²) in [7, 11) is 1.26. The van der Waals surface area contributed by atoms with Crippen LogP contribution in [0.15, 0.2) is 30.3 Å². The molecule has 0 atom stereocenters. The Hall–Kier alpha value is -2.83. The van der Waals surface area contributed by atoms with Crippen LogP contribution in [0.5, 0.6) is 28.7 Å². The van der Waals surface area contributed by atoms with Crippen LogP contribution >= 0.6 is 7.82 Å². The van der Waals surface area contributed by atoms with Crippen LogP contribution in [-0.2, 0) is 4.57 Å². The van der Waals surface area contributed by atoms with E-state index in [9.17, 15) is 4.57 Å². The van der Waals surface area contributed by atoms with Crippen LogP contribution < -0.4 is 23.5 Å². The number of ether oxygens (including phenoxy) is 4. The Bertz CT molecular complexity index is 986. The van der Waals surface area contributed by atoms with Crippen LogP contribution in [-0.4, -0.2) is 97.9 Å². The minimum absolute atomic E-state index is 0.0575. The van der Waals surface area contributed by atoms with E-state index in [1.54, 1.807) is 41.3 Å². The summed E-state index contributed by atoms with van der Waals surface area (Å²) in [4.78, 5) is 19.9. The Kier molecular flexibility index (Phi) is 14.6. The van der Waals surface area contributed by atoms with Crippen molar-refractivity contribution in [3.05, 3.63) is 41.5 Å².